The van der Waals surface area contributed by atoms with Crippen LogP contribution in [0.4, 0.5) is 0 Å². The van der Waals surface area contributed by atoms with E-state index in [1.807, 2.05) is 6.07 Å². The molecule has 1 N–H and O–H groups in total. The van der Waals surface area contributed by atoms with Gasteiger partial charge in [-0.15, -0.1) is 0 Å². The summed E-state index contributed by atoms with van der Waals surface area (Å²) in [5.41, 5.74) is 2.04. The van der Waals surface area contributed by atoms with E-state index in [9.17, 15) is 22.8 Å². The van der Waals surface area contributed by atoms with Crippen molar-refractivity contribution in [3.05, 3.63) is 47.4 Å². The first-order chi connectivity index (χ1) is 16.7. The lowest BCUT2D eigenvalue weighted by atomic mass is 9.97. The number of carbonyl (C=O) groups excluding carboxylic acids is 3. The molecule has 1 aromatic carbocycles. The third-order valence-electron chi connectivity index (χ3n) is 6.73. The Balaban J connectivity index is 1.27. The van der Waals surface area contributed by atoms with Crippen molar-refractivity contribution in [1.82, 2.24) is 24.1 Å². The second kappa shape index (κ2) is 8.94. The van der Waals surface area contributed by atoms with Gasteiger partial charge in [0.1, 0.15) is 6.04 Å². The summed E-state index contributed by atoms with van der Waals surface area (Å²) in [6.45, 7) is 1.01. The number of carbonyl (C=O) groups is 3. The molecule has 4 heterocycles. The molecule has 1 unspecified atom stereocenters. The van der Waals surface area contributed by atoms with E-state index >= 15 is 0 Å². The highest BCUT2D eigenvalue weighted by Gasteiger charge is 2.39. The highest BCUT2D eigenvalue weighted by atomic mass is 32.2. The summed E-state index contributed by atoms with van der Waals surface area (Å²) >= 11 is 0. The van der Waals surface area contributed by atoms with Gasteiger partial charge in [0.05, 0.1) is 6.33 Å². The minimum absolute atomic E-state index is 0.0318. The standard InChI is InChI=1S/C24H25N5O5S/c1-27-14-22(25-15-27)35(33,34)28-11-9-16(10-12-28)5-6-17-3-2-4-18-19(17)13-29(24(18)32)20-7-8-21(30)26-23(20)31/h2-4,14-16,20H,7-13H2,1H3,(H,26,30,31). The molecule has 3 aliphatic rings. The van der Waals surface area contributed by atoms with Crippen molar-refractivity contribution in [1.29, 1.82) is 0 Å². The van der Waals surface area contributed by atoms with Gasteiger partial charge in [-0.2, -0.15) is 4.31 Å². The van der Waals surface area contributed by atoms with Crippen LogP contribution in [0, 0.1) is 17.8 Å². The number of imidazole rings is 1. The maximum Gasteiger partial charge on any atom is 0.262 e. The SMILES string of the molecule is Cn1cnc(S(=O)(=O)N2CCC(C#Cc3cccc4c3CN(C3CCC(=O)NC3=O)C4=O)CC2)c1. The van der Waals surface area contributed by atoms with Crippen LogP contribution in [0.2, 0.25) is 0 Å². The molecular weight excluding hydrogens is 470 g/mol. The Morgan fingerprint density at radius 3 is 2.57 bits per heavy atom. The average Bonchev–Trinajstić information content (AvgIpc) is 3.42. The normalized spacial score (nSPS) is 21.5. The van der Waals surface area contributed by atoms with Gasteiger partial charge >= 0.3 is 0 Å². The minimum Gasteiger partial charge on any atom is -0.339 e. The van der Waals surface area contributed by atoms with Crippen LogP contribution in [0.5, 0.6) is 0 Å². The van der Waals surface area contributed by atoms with Crippen molar-refractivity contribution in [2.75, 3.05) is 13.1 Å². The van der Waals surface area contributed by atoms with Crippen LogP contribution in [0.15, 0.2) is 35.7 Å². The molecule has 3 aliphatic heterocycles. The zero-order valence-corrected chi connectivity index (χ0v) is 20.0. The molecule has 0 radical (unpaired) electrons. The number of hydrogen-bond donors (Lipinski definition) is 1. The summed E-state index contributed by atoms with van der Waals surface area (Å²) in [7, 11) is -1.89. The zero-order valence-electron chi connectivity index (χ0n) is 19.2. The molecule has 1 aromatic heterocycles. The third-order valence-corrected chi connectivity index (χ3v) is 8.52. The van der Waals surface area contributed by atoms with Gasteiger partial charge in [0, 0.05) is 56.3 Å². The highest BCUT2D eigenvalue weighted by Crippen LogP contribution is 2.30. The minimum atomic E-state index is -3.61. The second-order valence-corrected chi connectivity index (χ2v) is 10.9. The molecule has 3 amide bonds. The number of amides is 3. The fourth-order valence-corrected chi connectivity index (χ4v) is 6.21. The highest BCUT2D eigenvalue weighted by molar-refractivity contribution is 7.89. The van der Waals surface area contributed by atoms with E-state index < -0.39 is 22.0 Å². The summed E-state index contributed by atoms with van der Waals surface area (Å²) < 4.78 is 28.6. The number of nitrogens with zero attached hydrogens (tertiary/aromatic N) is 4. The number of benzene rings is 1. The fourth-order valence-electron chi connectivity index (χ4n) is 4.78. The molecule has 11 heteroatoms. The van der Waals surface area contributed by atoms with Crippen molar-refractivity contribution >= 4 is 27.7 Å². The first-order valence-corrected chi connectivity index (χ1v) is 12.9. The van der Waals surface area contributed by atoms with Crippen LogP contribution >= 0.6 is 0 Å². The quantitative estimate of drug-likeness (QED) is 0.493. The Morgan fingerprint density at radius 1 is 1.11 bits per heavy atom. The predicted molar refractivity (Wildman–Crippen MR) is 124 cm³/mol. The summed E-state index contributed by atoms with van der Waals surface area (Å²) in [5, 5.41) is 2.36. The molecule has 35 heavy (non-hydrogen) atoms. The predicted octanol–water partition coefficient (Wildman–Crippen LogP) is 0.634. The Hall–Kier alpha value is -3.49. The molecule has 2 aromatic rings. The maximum absolute atomic E-state index is 13.0. The number of sulfonamides is 1. The van der Waals surface area contributed by atoms with Crippen molar-refractivity contribution in [3.8, 4) is 11.8 Å². The van der Waals surface area contributed by atoms with E-state index in [0.29, 0.717) is 37.9 Å². The number of aromatic nitrogens is 2. The van der Waals surface area contributed by atoms with Crippen molar-refractivity contribution in [3.63, 3.8) is 0 Å². The topological polar surface area (TPSA) is 122 Å². The number of fused-ring (bicyclic) bond motifs is 1. The monoisotopic (exact) mass is 495 g/mol. The number of nitrogens with one attached hydrogen (secondary N) is 1. The van der Waals surface area contributed by atoms with Gasteiger partial charge in [0.25, 0.3) is 15.9 Å². The molecule has 2 fully saturated rings. The van der Waals surface area contributed by atoms with Crippen molar-refractivity contribution in [2.24, 2.45) is 13.0 Å². The van der Waals surface area contributed by atoms with Crippen LogP contribution in [0.3, 0.4) is 0 Å². The van der Waals surface area contributed by atoms with Crippen molar-refractivity contribution in [2.45, 2.75) is 43.3 Å². The van der Waals surface area contributed by atoms with Gasteiger partial charge in [0.15, 0.2) is 5.03 Å². The first kappa shape index (κ1) is 23.3. The summed E-state index contributed by atoms with van der Waals surface area (Å²) in [4.78, 5) is 42.2. The molecule has 2 saturated heterocycles. The molecule has 0 aliphatic carbocycles. The van der Waals surface area contributed by atoms with Gasteiger partial charge in [-0.05, 0) is 37.0 Å². The Kier molecular flexibility index (Phi) is 5.94. The molecular formula is C24H25N5O5S. The number of hydrogen-bond acceptors (Lipinski definition) is 6. The van der Waals surface area contributed by atoms with Crippen LogP contribution in [0.25, 0.3) is 0 Å². The number of piperidine rings is 2. The smallest absolute Gasteiger partial charge is 0.262 e. The third kappa shape index (κ3) is 4.35. The summed E-state index contributed by atoms with van der Waals surface area (Å²) in [6, 6.07) is 4.69. The number of rotatable bonds is 3. The molecule has 5 rings (SSSR count). The van der Waals surface area contributed by atoms with Crippen LogP contribution in [-0.4, -0.2) is 64.0 Å². The lowest BCUT2D eigenvalue weighted by molar-refractivity contribution is -0.136. The molecule has 0 bridgehead atoms. The largest absolute Gasteiger partial charge is 0.339 e. The molecule has 0 saturated carbocycles. The van der Waals surface area contributed by atoms with Crippen LogP contribution < -0.4 is 5.32 Å². The van der Waals surface area contributed by atoms with Crippen LogP contribution in [-0.2, 0) is 33.2 Å². The summed E-state index contributed by atoms with van der Waals surface area (Å²) in [6.07, 6.45) is 4.69. The molecule has 10 nitrogen and oxygen atoms in total. The van der Waals surface area contributed by atoms with E-state index in [2.05, 4.69) is 22.1 Å². The van der Waals surface area contributed by atoms with E-state index in [-0.39, 0.29) is 35.7 Å². The Labute approximate surface area is 203 Å². The van der Waals surface area contributed by atoms with Crippen molar-refractivity contribution < 1.29 is 22.8 Å². The maximum atomic E-state index is 13.0. The van der Waals surface area contributed by atoms with Gasteiger partial charge in [-0.25, -0.2) is 13.4 Å². The number of imide groups is 1. The van der Waals surface area contributed by atoms with E-state index in [1.54, 1.807) is 23.7 Å². The van der Waals surface area contributed by atoms with Gasteiger partial charge in [0.2, 0.25) is 11.8 Å². The van der Waals surface area contributed by atoms with E-state index in [0.717, 1.165) is 11.1 Å². The van der Waals surface area contributed by atoms with Gasteiger partial charge in [-0.3, -0.25) is 19.7 Å². The zero-order chi connectivity index (χ0) is 24.7. The molecule has 1 atom stereocenters. The van der Waals surface area contributed by atoms with Gasteiger partial charge < -0.3 is 9.47 Å². The lowest BCUT2D eigenvalue weighted by Gasteiger charge is -2.29. The molecule has 182 valence electrons. The first-order valence-electron chi connectivity index (χ1n) is 11.5. The van der Waals surface area contributed by atoms with Crippen LogP contribution in [0.1, 0.15) is 47.2 Å². The van der Waals surface area contributed by atoms with Gasteiger partial charge in [-0.1, -0.05) is 17.9 Å². The van der Waals surface area contributed by atoms with E-state index in [4.69, 9.17) is 0 Å². The molecule has 0 spiro atoms. The Morgan fingerprint density at radius 2 is 1.89 bits per heavy atom. The Bertz CT molecular complexity index is 1380. The fraction of sp³-hybridized carbons (Fsp3) is 0.417. The van der Waals surface area contributed by atoms with E-state index in [1.165, 1.54) is 21.7 Å². The lowest BCUT2D eigenvalue weighted by Crippen LogP contribution is -2.52. The second-order valence-electron chi connectivity index (χ2n) is 9.06. The average molecular weight is 496 g/mol. The number of aryl methyl sites for hydroxylation is 1. The summed E-state index contributed by atoms with van der Waals surface area (Å²) in [5.74, 6) is 5.50.